The quantitative estimate of drug-likeness (QED) is 0.549. The normalized spacial score (nSPS) is 16.1. The van der Waals surface area contributed by atoms with Gasteiger partial charge in [0.05, 0.1) is 24.1 Å². The number of rotatable bonds is 4. The molecule has 3 aromatic rings. The maximum Gasteiger partial charge on any atom is 0.207 e. The van der Waals surface area contributed by atoms with Gasteiger partial charge >= 0.3 is 0 Å². The van der Waals surface area contributed by atoms with E-state index in [0.717, 1.165) is 12.1 Å². The van der Waals surface area contributed by atoms with E-state index in [1.807, 2.05) is 43.0 Å². The number of hydrogen-bond acceptors (Lipinski definition) is 9. The Morgan fingerprint density at radius 1 is 1.20 bits per heavy atom. The van der Waals surface area contributed by atoms with E-state index in [9.17, 15) is 9.50 Å². The van der Waals surface area contributed by atoms with Crippen LogP contribution in [0, 0.1) is 17.7 Å². The number of aromatic nitrogens is 4. The molecule has 3 N–H and O–H groups in total. The Bertz CT molecular complexity index is 1260. The minimum Gasteiger partial charge on any atom is -0.507 e. The molecule has 1 fully saturated rings. The van der Waals surface area contributed by atoms with Gasteiger partial charge in [0.15, 0.2) is 17.5 Å². The van der Waals surface area contributed by atoms with Crippen molar-refractivity contribution in [1.82, 2.24) is 25.1 Å². The summed E-state index contributed by atoms with van der Waals surface area (Å²) in [6, 6.07) is 8.83. The van der Waals surface area contributed by atoms with Gasteiger partial charge in [0, 0.05) is 31.2 Å². The van der Waals surface area contributed by atoms with Crippen molar-refractivity contribution >= 4 is 17.3 Å². The number of nitrogens with zero attached hydrogens (tertiary/aromatic N) is 7. The smallest absolute Gasteiger partial charge is 0.207 e. The van der Waals surface area contributed by atoms with Crippen LogP contribution >= 0.6 is 0 Å². The minimum atomic E-state index is -0.476. The second kappa shape index (κ2) is 10.5. The fraction of sp³-hybridized carbons (Fsp3) is 0.360. The van der Waals surface area contributed by atoms with Gasteiger partial charge in [0.25, 0.3) is 0 Å². The number of hydrogen-bond donors (Lipinski definition) is 2. The predicted octanol–water partition coefficient (Wildman–Crippen LogP) is 2.38. The van der Waals surface area contributed by atoms with E-state index < -0.39 is 5.82 Å². The Hall–Kier alpha value is -3.97. The number of para-hydroxylation sites is 1. The molecule has 10 heteroatoms. The molecule has 1 atom stereocenters. The summed E-state index contributed by atoms with van der Waals surface area (Å²) in [4.78, 5) is 14.4. The fourth-order valence-electron chi connectivity index (χ4n) is 3.98. The molecular weight excluding hydrogens is 447 g/mol. The Morgan fingerprint density at radius 2 is 2.00 bits per heavy atom. The van der Waals surface area contributed by atoms with Crippen LogP contribution in [0.5, 0.6) is 5.75 Å². The zero-order valence-corrected chi connectivity index (χ0v) is 20.1. The van der Waals surface area contributed by atoms with Crippen molar-refractivity contribution in [3.8, 4) is 28.8 Å². The van der Waals surface area contributed by atoms with Crippen LogP contribution in [-0.2, 0) is 0 Å². The lowest BCUT2D eigenvalue weighted by molar-refractivity contribution is 0.464. The van der Waals surface area contributed by atoms with Crippen LogP contribution in [0.1, 0.15) is 19.2 Å². The summed E-state index contributed by atoms with van der Waals surface area (Å²) in [7, 11) is 3.85. The molecule has 3 heterocycles. The average Bonchev–Trinajstić information content (AvgIpc) is 3.02. The van der Waals surface area contributed by atoms with Crippen LogP contribution in [0.25, 0.3) is 11.3 Å². The molecule has 1 unspecified atom stereocenters. The molecular formula is C25H29FN8O. The molecule has 1 aromatic carbocycles. The highest BCUT2D eigenvalue weighted by molar-refractivity contribution is 5.74. The van der Waals surface area contributed by atoms with Crippen molar-refractivity contribution in [2.75, 3.05) is 55.8 Å². The zero-order chi connectivity index (χ0) is 24.9. The SMILES string of the molecule is CC1CCN(c2cc(-c3ccccc3O)nnc2N)CCN1c1nc(C#CCN(C)C)ncc1F. The van der Waals surface area contributed by atoms with Crippen LogP contribution in [0.3, 0.4) is 0 Å². The van der Waals surface area contributed by atoms with E-state index in [1.54, 1.807) is 18.2 Å². The molecule has 4 rings (SSSR count). The molecule has 0 radical (unpaired) electrons. The second-order valence-corrected chi connectivity index (χ2v) is 8.74. The fourth-order valence-corrected chi connectivity index (χ4v) is 3.98. The summed E-state index contributed by atoms with van der Waals surface area (Å²) in [6.07, 6.45) is 1.93. The first-order chi connectivity index (χ1) is 16.8. The summed E-state index contributed by atoms with van der Waals surface area (Å²) in [5.74, 6) is 6.40. The lowest BCUT2D eigenvalue weighted by atomic mass is 10.1. The van der Waals surface area contributed by atoms with Gasteiger partial charge in [-0.2, -0.15) is 0 Å². The molecule has 9 nitrogen and oxygen atoms in total. The van der Waals surface area contributed by atoms with Gasteiger partial charge in [-0.1, -0.05) is 18.1 Å². The molecule has 2 aromatic heterocycles. The first-order valence-electron chi connectivity index (χ1n) is 11.4. The number of halogens is 1. The van der Waals surface area contributed by atoms with Gasteiger partial charge in [-0.25, -0.2) is 14.4 Å². The van der Waals surface area contributed by atoms with Crippen LogP contribution in [-0.4, -0.2) is 76.5 Å². The highest BCUT2D eigenvalue weighted by atomic mass is 19.1. The number of nitrogens with two attached hydrogens (primary N) is 1. The third-order valence-electron chi connectivity index (χ3n) is 5.87. The van der Waals surface area contributed by atoms with E-state index in [-0.39, 0.29) is 17.6 Å². The van der Waals surface area contributed by atoms with Crippen LogP contribution < -0.4 is 15.5 Å². The van der Waals surface area contributed by atoms with Crippen molar-refractivity contribution < 1.29 is 9.50 Å². The van der Waals surface area contributed by atoms with Crippen molar-refractivity contribution in [2.24, 2.45) is 0 Å². The topological polar surface area (TPSA) is 108 Å². The van der Waals surface area contributed by atoms with Crippen LogP contribution in [0.4, 0.5) is 21.7 Å². The van der Waals surface area contributed by atoms with E-state index in [0.29, 0.717) is 49.1 Å². The summed E-state index contributed by atoms with van der Waals surface area (Å²) < 4.78 is 14.8. The number of phenols is 1. The third-order valence-corrected chi connectivity index (χ3v) is 5.87. The number of phenolic OH excluding ortho intramolecular Hbond substituents is 1. The van der Waals surface area contributed by atoms with Crippen molar-refractivity contribution in [3.05, 3.63) is 48.2 Å². The van der Waals surface area contributed by atoms with Gasteiger partial charge in [-0.3, -0.25) is 4.90 Å². The summed E-state index contributed by atoms with van der Waals surface area (Å²) in [5, 5.41) is 18.5. The molecule has 0 saturated carbocycles. The standard InChI is InChI=1S/C25H29FN8O/c1-17-10-12-33(21-15-20(30-31-24(21)27)18-7-4-5-8-22(18)35)13-14-34(17)25-19(26)16-28-23(29-25)9-6-11-32(2)3/h4-5,7-8,15-17,35H,10-14H2,1-3H3,(H2,27,31). The summed E-state index contributed by atoms with van der Waals surface area (Å²) >= 11 is 0. The van der Waals surface area contributed by atoms with Gasteiger partial charge in [0.1, 0.15) is 5.75 Å². The third kappa shape index (κ3) is 5.58. The Balaban J connectivity index is 1.58. The molecule has 0 aliphatic carbocycles. The summed E-state index contributed by atoms with van der Waals surface area (Å²) in [5.41, 5.74) is 8.03. The average molecular weight is 477 g/mol. The van der Waals surface area contributed by atoms with Crippen molar-refractivity contribution in [2.45, 2.75) is 19.4 Å². The van der Waals surface area contributed by atoms with E-state index >= 15 is 0 Å². The maximum absolute atomic E-state index is 14.8. The Labute approximate surface area is 204 Å². The van der Waals surface area contributed by atoms with E-state index in [4.69, 9.17) is 5.73 Å². The maximum atomic E-state index is 14.8. The summed E-state index contributed by atoms with van der Waals surface area (Å²) in [6.45, 7) is 4.40. The first-order valence-corrected chi connectivity index (χ1v) is 11.4. The van der Waals surface area contributed by atoms with Gasteiger partial charge in [0.2, 0.25) is 5.82 Å². The minimum absolute atomic E-state index is 0.0284. The number of nitrogen functional groups attached to an aromatic ring is 1. The van der Waals surface area contributed by atoms with Crippen molar-refractivity contribution in [1.29, 1.82) is 0 Å². The predicted molar refractivity (Wildman–Crippen MR) is 135 cm³/mol. The van der Waals surface area contributed by atoms with Crippen LogP contribution in [0.15, 0.2) is 36.5 Å². The highest BCUT2D eigenvalue weighted by Crippen LogP contribution is 2.32. The molecule has 182 valence electrons. The molecule has 0 amide bonds. The highest BCUT2D eigenvalue weighted by Gasteiger charge is 2.26. The van der Waals surface area contributed by atoms with Gasteiger partial charge < -0.3 is 20.6 Å². The van der Waals surface area contributed by atoms with Gasteiger partial charge in [-0.05, 0) is 51.6 Å². The second-order valence-electron chi connectivity index (χ2n) is 8.74. The number of anilines is 3. The molecule has 0 bridgehead atoms. The lowest BCUT2D eigenvalue weighted by Gasteiger charge is -2.28. The number of benzene rings is 1. The van der Waals surface area contributed by atoms with E-state index in [1.165, 1.54) is 6.20 Å². The van der Waals surface area contributed by atoms with Crippen LogP contribution in [0.2, 0.25) is 0 Å². The Kier molecular flexibility index (Phi) is 7.27. The largest absolute Gasteiger partial charge is 0.507 e. The molecule has 0 spiro atoms. The molecule has 1 aliphatic heterocycles. The lowest BCUT2D eigenvalue weighted by Crippen LogP contribution is -2.36. The molecule has 1 saturated heterocycles. The van der Waals surface area contributed by atoms with Gasteiger partial charge in [-0.15, -0.1) is 10.2 Å². The monoisotopic (exact) mass is 476 g/mol. The van der Waals surface area contributed by atoms with Crippen molar-refractivity contribution in [3.63, 3.8) is 0 Å². The molecule has 35 heavy (non-hydrogen) atoms. The Morgan fingerprint density at radius 3 is 2.77 bits per heavy atom. The molecule has 1 aliphatic rings. The zero-order valence-electron chi connectivity index (χ0n) is 20.1. The van der Waals surface area contributed by atoms with E-state index in [2.05, 4.69) is 36.9 Å². The first kappa shape index (κ1) is 24.2. The number of aromatic hydroxyl groups is 1.